The average Bonchev–Trinajstić information content (AvgIpc) is 3.08. The zero-order valence-electron chi connectivity index (χ0n) is 10.7. The van der Waals surface area contributed by atoms with Gasteiger partial charge in [0.15, 0.2) is 5.65 Å². The molecule has 0 spiro atoms. The molecular formula is C14H15N5. The van der Waals surface area contributed by atoms with Crippen molar-refractivity contribution in [2.24, 2.45) is 0 Å². The highest BCUT2D eigenvalue weighted by atomic mass is 15.4. The molecule has 1 fully saturated rings. The smallest absolute Gasteiger partial charge is 0.186 e. The van der Waals surface area contributed by atoms with Crippen LogP contribution in [0.25, 0.3) is 16.7 Å². The molecule has 1 saturated carbocycles. The summed E-state index contributed by atoms with van der Waals surface area (Å²) in [4.78, 5) is 0. The van der Waals surface area contributed by atoms with Gasteiger partial charge in [0, 0.05) is 5.92 Å². The van der Waals surface area contributed by atoms with E-state index in [1.165, 1.54) is 18.4 Å². The van der Waals surface area contributed by atoms with Gasteiger partial charge in [-0.25, -0.2) is 4.68 Å². The summed E-state index contributed by atoms with van der Waals surface area (Å²) in [6.45, 7) is 2.08. The van der Waals surface area contributed by atoms with Gasteiger partial charge in [0.1, 0.15) is 5.82 Å². The van der Waals surface area contributed by atoms with Gasteiger partial charge in [-0.15, -0.1) is 0 Å². The predicted octanol–water partition coefficient (Wildman–Crippen LogP) is 2.52. The van der Waals surface area contributed by atoms with Crippen molar-refractivity contribution < 1.29 is 0 Å². The van der Waals surface area contributed by atoms with E-state index in [1.54, 1.807) is 0 Å². The van der Waals surface area contributed by atoms with Gasteiger partial charge in [-0.05, 0) is 31.4 Å². The van der Waals surface area contributed by atoms with E-state index in [-0.39, 0.29) is 0 Å². The third kappa shape index (κ3) is 1.47. The third-order valence-electron chi connectivity index (χ3n) is 3.75. The first-order valence-electron chi connectivity index (χ1n) is 6.54. The molecule has 1 aliphatic carbocycles. The number of nitrogens with zero attached hydrogens (tertiary/aromatic N) is 3. The van der Waals surface area contributed by atoms with Crippen molar-refractivity contribution in [1.82, 2.24) is 20.0 Å². The summed E-state index contributed by atoms with van der Waals surface area (Å²) < 4.78 is 1.91. The van der Waals surface area contributed by atoms with Crippen molar-refractivity contribution in [3.05, 3.63) is 35.5 Å². The minimum atomic E-state index is 0.549. The molecule has 2 aromatic heterocycles. The van der Waals surface area contributed by atoms with Gasteiger partial charge in [-0.2, -0.15) is 10.2 Å². The second-order valence-electron chi connectivity index (χ2n) is 5.19. The van der Waals surface area contributed by atoms with E-state index in [9.17, 15) is 0 Å². The quantitative estimate of drug-likeness (QED) is 0.737. The molecule has 0 atom stereocenters. The highest BCUT2D eigenvalue weighted by molar-refractivity contribution is 5.90. The molecule has 5 nitrogen and oxygen atoms in total. The molecule has 3 aromatic rings. The normalized spacial score (nSPS) is 15.2. The van der Waals surface area contributed by atoms with Crippen molar-refractivity contribution in [1.29, 1.82) is 0 Å². The maximum absolute atomic E-state index is 6.00. The van der Waals surface area contributed by atoms with E-state index in [2.05, 4.69) is 29.3 Å². The molecule has 4 rings (SSSR count). The maximum Gasteiger partial charge on any atom is 0.186 e. The molecule has 1 aromatic carbocycles. The van der Waals surface area contributed by atoms with E-state index in [0.29, 0.717) is 11.7 Å². The number of hydrogen-bond acceptors (Lipinski definition) is 3. The molecule has 0 unspecified atom stereocenters. The van der Waals surface area contributed by atoms with E-state index in [0.717, 1.165) is 22.4 Å². The van der Waals surface area contributed by atoms with Crippen molar-refractivity contribution in [3.63, 3.8) is 0 Å². The summed E-state index contributed by atoms with van der Waals surface area (Å²) in [5.74, 6) is 1.17. The van der Waals surface area contributed by atoms with Crippen molar-refractivity contribution in [2.45, 2.75) is 25.7 Å². The Morgan fingerprint density at radius 1 is 1.32 bits per heavy atom. The Morgan fingerprint density at radius 2 is 2.11 bits per heavy atom. The number of aromatic nitrogens is 4. The van der Waals surface area contributed by atoms with E-state index in [4.69, 9.17) is 10.8 Å². The number of para-hydroxylation sites is 1. The molecule has 96 valence electrons. The summed E-state index contributed by atoms with van der Waals surface area (Å²) in [5.41, 5.74) is 10.2. The van der Waals surface area contributed by atoms with Gasteiger partial charge in [-0.3, -0.25) is 5.10 Å². The minimum absolute atomic E-state index is 0.549. The fourth-order valence-electron chi connectivity index (χ4n) is 2.57. The maximum atomic E-state index is 6.00. The fourth-order valence-corrected chi connectivity index (χ4v) is 2.57. The van der Waals surface area contributed by atoms with Gasteiger partial charge >= 0.3 is 0 Å². The van der Waals surface area contributed by atoms with E-state index in [1.807, 2.05) is 16.8 Å². The first-order chi connectivity index (χ1) is 9.25. The number of aryl methyl sites for hydroxylation is 1. The predicted molar refractivity (Wildman–Crippen MR) is 74.3 cm³/mol. The fraction of sp³-hybridized carbons (Fsp3) is 0.286. The van der Waals surface area contributed by atoms with E-state index >= 15 is 0 Å². The Balaban J connectivity index is 2.03. The molecule has 0 saturated heterocycles. The number of nitrogen functional groups attached to an aromatic ring is 1. The van der Waals surface area contributed by atoms with Gasteiger partial charge in [-0.1, -0.05) is 18.2 Å². The largest absolute Gasteiger partial charge is 0.383 e. The Bertz CT molecular complexity index is 763. The van der Waals surface area contributed by atoms with Gasteiger partial charge in [0.05, 0.1) is 16.8 Å². The lowest BCUT2D eigenvalue weighted by molar-refractivity contribution is 0.835. The topological polar surface area (TPSA) is 72.5 Å². The monoisotopic (exact) mass is 253 g/mol. The van der Waals surface area contributed by atoms with Gasteiger partial charge in [0.2, 0.25) is 0 Å². The third-order valence-corrected chi connectivity index (χ3v) is 3.75. The van der Waals surface area contributed by atoms with Crippen LogP contribution < -0.4 is 5.73 Å². The van der Waals surface area contributed by atoms with E-state index < -0.39 is 0 Å². The van der Waals surface area contributed by atoms with Crippen LogP contribution in [0.3, 0.4) is 0 Å². The molecule has 19 heavy (non-hydrogen) atoms. The van der Waals surface area contributed by atoms with Crippen LogP contribution in [0, 0.1) is 6.92 Å². The first-order valence-corrected chi connectivity index (χ1v) is 6.54. The van der Waals surface area contributed by atoms with Gasteiger partial charge < -0.3 is 5.73 Å². The number of fused-ring (bicyclic) bond motifs is 1. The lowest BCUT2D eigenvalue weighted by Crippen LogP contribution is -2.00. The molecule has 0 amide bonds. The Kier molecular flexibility index (Phi) is 2.01. The summed E-state index contributed by atoms with van der Waals surface area (Å²) in [6.07, 6.45) is 2.40. The highest BCUT2D eigenvalue weighted by Gasteiger charge is 2.31. The number of H-pyrrole nitrogens is 1. The highest BCUT2D eigenvalue weighted by Crippen LogP contribution is 2.43. The number of nitrogens with two attached hydrogens (primary N) is 1. The van der Waals surface area contributed by atoms with Crippen molar-refractivity contribution >= 4 is 16.9 Å². The lowest BCUT2D eigenvalue weighted by atomic mass is 10.2. The minimum Gasteiger partial charge on any atom is -0.383 e. The molecule has 0 aliphatic heterocycles. The van der Waals surface area contributed by atoms with Crippen molar-refractivity contribution in [3.8, 4) is 5.69 Å². The van der Waals surface area contributed by atoms with Crippen LogP contribution in [0.1, 0.15) is 30.0 Å². The summed E-state index contributed by atoms with van der Waals surface area (Å²) >= 11 is 0. The first kappa shape index (κ1) is 10.6. The van der Waals surface area contributed by atoms with Crippen LogP contribution in [0.5, 0.6) is 0 Å². The molecule has 2 heterocycles. The zero-order chi connectivity index (χ0) is 13.0. The summed E-state index contributed by atoms with van der Waals surface area (Å²) in [5, 5.41) is 12.9. The standard InChI is InChI=1S/C14H15N5/c1-8-4-2-3-5-10(8)19-14-11(13(15)16-17-14)12(18-19)9-6-7-9/h2-5,9H,6-7H2,1H3,(H3,15,16,17). The number of rotatable bonds is 2. The molecule has 5 heteroatoms. The second-order valence-corrected chi connectivity index (χ2v) is 5.19. The Labute approximate surface area is 110 Å². The number of aromatic amines is 1. The summed E-state index contributed by atoms with van der Waals surface area (Å²) in [6, 6.07) is 8.18. The number of benzene rings is 1. The molecule has 0 radical (unpaired) electrons. The molecule has 0 bridgehead atoms. The van der Waals surface area contributed by atoms with Crippen LogP contribution in [-0.2, 0) is 0 Å². The van der Waals surface area contributed by atoms with Gasteiger partial charge in [0.25, 0.3) is 0 Å². The molecule has 3 N–H and O–H groups in total. The lowest BCUT2D eigenvalue weighted by Gasteiger charge is -2.05. The second kappa shape index (κ2) is 3.60. The Morgan fingerprint density at radius 3 is 2.84 bits per heavy atom. The van der Waals surface area contributed by atoms with Crippen LogP contribution >= 0.6 is 0 Å². The van der Waals surface area contributed by atoms with Crippen LogP contribution in [0.4, 0.5) is 5.82 Å². The van der Waals surface area contributed by atoms with Crippen LogP contribution in [-0.4, -0.2) is 20.0 Å². The molecular weight excluding hydrogens is 238 g/mol. The number of hydrogen-bond donors (Lipinski definition) is 2. The molecule has 1 aliphatic rings. The average molecular weight is 253 g/mol. The summed E-state index contributed by atoms with van der Waals surface area (Å²) in [7, 11) is 0. The number of anilines is 1. The van der Waals surface area contributed by atoms with Crippen molar-refractivity contribution in [2.75, 3.05) is 5.73 Å². The van der Waals surface area contributed by atoms with Crippen LogP contribution in [0.2, 0.25) is 0 Å². The number of nitrogens with one attached hydrogen (secondary N) is 1. The Hall–Kier alpha value is -2.30. The zero-order valence-corrected chi connectivity index (χ0v) is 10.7. The van der Waals surface area contributed by atoms with Crippen LogP contribution in [0.15, 0.2) is 24.3 Å². The SMILES string of the molecule is Cc1ccccc1-n1nc(C2CC2)c2c(N)[nH]nc21.